The normalized spacial score (nSPS) is 11.6. The zero-order valence-corrected chi connectivity index (χ0v) is 19.0. The van der Waals surface area contributed by atoms with Gasteiger partial charge in [-0.15, -0.1) is 0 Å². The SMILES string of the molecule is CCCCCNC(=O)[C@H](c1ccccc1)N(Cc1ccc(F)cc1)C(=O)Cc1ccccc1. The molecule has 0 fully saturated rings. The van der Waals surface area contributed by atoms with Crippen LogP contribution in [0.5, 0.6) is 0 Å². The largest absolute Gasteiger partial charge is 0.354 e. The first-order chi connectivity index (χ1) is 16.1. The molecule has 33 heavy (non-hydrogen) atoms. The molecule has 0 heterocycles. The van der Waals surface area contributed by atoms with Gasteiger partial charge in [-0.05, 0) is 35.2 Å². The Morgan fingerprint density at radius 3 is 2.12 bits per heavy atom. The fraction of sp³-hybridized carbons (Fsp3) is 0.286. The third-order valence-corrected chi connectivity index (χ3v) is 5.54. The van der Waals surface area contributed by atoms with E-state index < -0.39 is 6.04 Å². The third kappa shape index (κ3) is 7.28. The van der Waals surface area contributed by atoms with Crippen LogP contribution >= 0.6 is 0 Å². The third-order valence-electron chi connectivity index (χ3n) is 5.54. The van der Waals surface area contributed by atoms with Gasteiger partial charge in [0.05, 0.1) is 6.42 Å². The Balaban J connectivity index is 1.93. The highest BCUT2D eigenvalue weighted by molar-refractivity contribution is 5.89. The van der Waals surface area contributed by atoms with E-state index in [1.165, 1.54) is 12.1 Å². The summed E-state index contributed by atoms with van der Waals surface area (Å²) < 4.78 is 13.5. The number of unbranched alkanes of at least 4 members (excludes halogenated alkanes) is 2. The Bertz CT molecular complexity index is 1010. The van der Waals surface area contributed by atoms with Crippen molar-refractivity contribution in [1.29, 1.82) is 0 Å². The highest BCUT2D eigenvalue weighted by Gasteiger charge is 2.31. The van der Waals surface area contributed by atoms with Crippen LogP contribution in [0.1, 0.15) is 48.9 Å². The molecule has 0 bridgehead atoms. The van der Waals surface area contributed by atoms with Gasteiger partial charge in [0.1, 0.15) is 11.9 Å². The maximum absolute atomic E-state index is 13.6. The molecule has 3 aromatic carbocycles. The molecule has 0 aliphatic rings. The van der Waals surface area contributed by atoms with Gasteiger partial charge in [-0.1, -0.05) is 92.6 Å². The summed E-state index contributed by atoms with van der Waals surface area (Å²) >= 11 is 0. The number of amides is 2. The summed E-state index contributed by atoms with van der Waals surface area (Å²) in [6, 6.07) is 24.1. The van der Waals surface area contributed by atoms with E-state index in [1.807, 2.05) is 60.7 Å². The number of benzene rings is 3. The zero-order chi connectivity index (χ0) is 23.5. The molecule has 0 unspecified atom stereocenters. The van der Waals surface area contributed by atoms with Gasteiger partial charge in [0.2, 0.25) is 11.8 Å². The van der Waals surface area contributed by atoms with E-state index in [9.17, 15) is 14.0 Å². The van der Waals surface area contributed by atoms with Gasteiger partial charge in [-0.2, -0.15) is 0 Å². The first-order valence-corrected chi connectivity index (χ1v) is 11.5. The lowest BCUT2D eigenvalue weighted by atomic mass is 10.0. The summed E-state index contributed by atoms with van der Waals surface area (Å²) in [5.74, 6) is -0.710. The second kappa shape index (κ2) is 12.5. The van der Waals surface area contributed by atoms with Crippen LogP contribution in [0.15, 0.2) is 84.9 Å². The summed E-state index contributed by atoms with van der Waals surface area (Å²) in [7, 11) is 0. The number of hydrogen-bond acceptors (Lipinski definition) is 2. The molecular formula is C28H31FN2O2. The topological polar surface area (TPSA) is 49.4 Å². The molecule has 2 amide bonds. The first-order valence-electron chi connectivity index (χ1n) is 11.5. The van der Waals surface area contributed by atoms with Crippen molar-refractivity contribution >= 4 is 11.8 Å². The van der Waals surface area contributed by atoms with Crippen molar-refractivity contribution in [3.05, 3.63) is 107 Å². The molecule has 4 nitrogen and oxygen atoms in total. The molecule has 0 saturated heterocycles. The number of nitrogens with one attached hydrogen (secondary N) is 1. The van der Waals surface area contributed by atoms with E-state index in [0.29, 0.717) is 6.54 Å². The molecule has 0 radical (unpaired) electrons. The van der Waals surface area contributed by atoms with Gasteiger partial charge in [-0.3, -0.25) is 9.59 Å². The maximum Gasteiger partial charge on any atom is 0.247 e. The van der Waals surface area contributed by atoms with E-state index in [2.05, 4.69) is 12.2 Å². The second-order valence-electron chi connectivity index (χ2n) is 8.12. The summed E-state index contributed by atoms with van der Waals surface area (Å²) in [5.41, 5.74) is 2.38. The van der Waals surface area contributed by atoms with Crippen LogP contribution in [-0.4, -0.2) is 23.3 Å². The molecule has 0 spiro atoms. The quantitative estimate of drug-likeness (QED) is 0.399. The van der Waals surface area contributed by atoms with Gasteiger partial charge < -0.3 is 10.2 Å². The number of carbonyl (C=O) groups excluding carboxylic acids is 2. The Labute approximate surface area is 195 Å². The minimum atomic E-state index is -0.783. The molecule has 0 aromatic heterocycles. The van der Waals surface area contributed by atoms with E-state index in [0.717, 1.165) is 36.0 Å². The molecule has 0 saturated carbocycles. The fourth-order valence-electron chi connectivity index (χ4n) is 3.77. The molecule has 172 valence electrons. The predicted molar refractivity (Wildman–Crippen MR) is 129 cm³/mol. The summed E-state index contributed by atoms with van der Waals surface area (Å²) in [6.07, 6.45) is 3.15. The Kier molecular flexibility index (Phi) is 9.19. The Hall–Kier alpha value is -3.47. The van der Waals surface area contributed by atoms with Crippen molar-refractivity contribution in [1.82, 2.24) is 10.2 Å². The molecule has 3 rings (SSSR count). The lowest BCUT2D eigenvalue weighted by Gasteiger charge is -2.32. The van der Waals surface area contributed by atoms with Crippen molar-refractivity contribution < 1.29 is 14.0 Å². The number of hydrogen-bond donors (Lipinski definition) is 1. The fourth-order valence-corrected chi connectivity index (χ4v) is 3.77. The van der Waals surface area contributed by atoms with Crippen LogP contribution in [0, 0.1) is 5.82 Å². The van der Waals surface area contributed by atoms with Crippen molar-refractivity contribution in [2.24, 2.45) is 0 Å². The van der Waals surface area contributed by atoms with Crippen molar-refractivity contribution in [2.45, 2.75) is 45.2 Å². The summed E-state index contributed by atoms with van der Waals surface area (Å²) in [4.78, 5) is 28.5. The Morgan fingerprint density at radius 1 is 0.848 bits per heavy atom. The molecule has 1 atom stereocenters. The highest BCUT2D eigenvalue weighted by Crippen LogP contribution is 2.25. The molecule has 1 N–H and O–H groups in total. The highest BCUT2D eigenvalue weighted by atomic mass is 19.1. The van der Waals surface area contributed by atoms with E-state index in [-0.39, 0.29) is 30.6 Å². The predicted octanol–water partition coefficient (Wildman–Crippen LogP) is 5.44. The lowest BCUT2D eigenvalue weighted by molar-refractivity contribution is -0.141. The average Bonchev–Trinajstić information content (AvgIpc) is 2.84. The van der Waals surface area contributed by atoms with Crippen LogP contribution in [0.3, 0.4) is 0 Å². The number of halogens is 1. The summed E-state index contributed by atoms with van der Waals surface area (Å²) in [6.45, 7) is 2.88. The van der Waals surface area contributed by atoms with Gasteiger partial charge in [0, 0.05) is 13.1 Å². The monoisotopic (exact) mass is 446 g/mol. The van der Waals surface area contributed by atoms with Crippen LogP contribution < -0.4 is 5.32 Å². The number of carbonyl (C=O) groups is 2. The molecular weight excluding hydrogens is 415 g/mol. The van der Waals surface area contributed by atoms with Crippen molar-refractivity contribution in [3.63, 3.8) is 0 Å². The molecule has 0 aliphatic carbocycles. The lowest BCUT2D eigenvalue weighted by Crippen LogP contribution is -2.44. The number of rotatable bonds is 11. The standard InChI is InChI=1S/C28H31FN2O2/c1-2-3-10-19-30-28(33)27(24-13-8-5-9-14-24)31(21-23-15-17-25(29)18-16-23)26(32)20-22-11-6-4-7-12-22/h4-9,11-18,27H,2-3,10,19-21H2,1H3,(H,30,33)/t27-/m0/s1. The van der Waals surface area contributed by atoms with Crippen molar-refractivity contribution in [2.75, 3.05) is 6.54 Å². The zero-order valence-electron chi connectivity index (χ0n) is 19.0. The van der Waals surface area contributed by atoms with Crippen LogP contribution in [0.25, 0.3) is 0 Å². The minimum Gasteiger partial charge on any atom is -0.354 e. The van der Waals surface area contributed by atoms with Crippen molar-refractivity contribution in [3.8, 4) is 0 Å². The molecule has 3 aromatic rings. The van der Waals surface area contributed by atoms with Gasteiger partial charge in [0.15, 0.2) is 0 Å². The maximum atomic E-state index is 13.6. The first kappa shape index (κ1) is 24.2. The smallest absolute Gasteiger partial charge is 0.247 e. The van der Waals surface area contributed by atoms with Gasteiger partial charge in [0.25, 0.3) is 0 Å². The van der Waals surface area contributed by atoms with Crippen LogP contribution in [0.4, 0.5) is 4.39 Å². The van der Waals surface area contributed by atoms with Gasteiger partial charge in [-0.25, -0.2) is 4.39 Å². The van der Waals surface area contributed by atoms with E-state index in [4.69, 9.17) is 0 Å². The van der Waals surface area contributed by atoms with E-state index in [1.54, 1.807) is 17.0 Å². The summed E-state index contributed by atoms with van der Waals surface area (Å²) in [5, 5.41) is 3.02. The second-order valence-corrected chi connectivity index (χ2v) is 8.12. The molecule has 5 heteroatoms. The minimum absolute atomic E-state index is 0.164. The Morgan fingerprint density at radius 2 is 1.48 bits per heavy atom. The number of nitrogens with zero attached hydrogens (tertiary/aromatic N) is 1. The van der Waals surface area contributed by atoms with Crippen LogP contribution in [-0.2, 0) is 22.6 Å². The van der Waals surface area contributed by atoms with Gasteiger partial charge >= 0.3 is 0 Å². The average molecular weight is 447 g/mol. The molecule has 0 aliphatic heterocycles. The van der Waals surface area contributed by atoms with E-state index >= 15 is 0 Å². The van der Waals surface area contributed by atoms with Crippen LogP contribution in [0.2, 0.25) is 0 Å².